The summed E-state index contributed by atoms with van der Waals surface area (Å²) >= 11 is 0. The van der Waals surface area contributed by atoms with Crippen molar-refractivity contribution in [1.29, 1.82) is 0 Å². The zero-order chi connectivity index (χ0) is 15.3. The highest BCUT2D eigenvalue weighted by Gasteiger charge is 2.37. The van der Waals surface area contributed by atoms with Gasteiger partial charge in [0.25, 0.3) is 0 Å². The average Bonchev–Trinajstić information content (AvgIpc) is 3.06. The molecule has 4 heteroatoms. The minimum Gasteiger partial charge on any atom is -0.343 e. The number of nitrogens with two attached hydrogens (primary N) is 1. The van der Waals surface area contributed by atoms with Gasteiger partial charge < -0.3 is 20.1 Å². The molecule has 2 saturated heterocycles. The summed E-state index contributed by atoms with van der Waals surface area (Å²) in [5, 5.41) is 0. The van der Waals surface area contributed by atoms with Gasteiger partial charge in [-0.3, -0.25) is 0 Å². The lowest BCUT2D eigenvalue weighted by Crippen LogP contribution is -2.37. The lowest BCUT2D eigenvalue weighted by molar-refractivity contribution is -0.172. The van der Waals surface area contributed by atoms with Crippen LogP contribution in [0.1, 0.15) is 31.2 Å². The summed E-state index contributed by atoms with van der Waals surface area (Å²) in [6.07, 6.45) is 4.51. The van der Waals surface area contributed by atoms with Gasteiger partial charge >= 0.3 is 0 Å². The van der Waals surface area contributed by atoms with Crippen LogP contribution in [0.2, 0.25) is 0 Å². The van der Waals surface area contributed by atoms with Gasteiger partial charge in [-0.25, -0.2) is 0 Å². The molecule has 2 fully saturated rings. The third-order valence-corrected chi connectivity index (χ3v) is 4.99. The van der Waals surface area contributed by atoms with E-state index in [2.05, 4.69) is 29.2 Å². The van der Waals surface area contributed by atoms with E-state index in [9.17, 15) is 0 Å². The maximum absolute atomic E-state index is 5.99. The Labute approximate surface area is 133 Å². The Bertz CT molecular complexity index is 438. The molecule has 2 heterocycles. The van der Waals surface area contributed by atoms with Gasteiger partial charge in [0, 0.05) is 12.0 Å². The molecule has 0 aromatic heterocycles. The van der Waals surface area contributed by atoms with Crippen molar-refractivity contribution in [2.24, 2.45) is 11.7 Å². The average molecular weight is 304 g/mol. The molecule has 2 aliphatic heterocycles. The molecular weight excluding hydrogens is 276 g/mol. The number of likely N-dealkylation sites (tertiary alicyclic amines) is 1. The molecule has 2 N–H and O–H groups in total. The summed E-state index contributed by atoms with van der Waals surface area (Å²) in [6.45, 7) is 5.71. The number of nitrogens with zero attached hydrogens (tertiary/aromatic N) is 1. The van der Waals surface area contributed by atoms with E-state index in [0.29, 0.717) is 13.2 Å². The standard InChI is InChI=1S/C18H28N2O2/c19-15-16-7-11-20(12-8-16)10-4-9-18(21-13-14-22-18)17-5-2-1-3-6-17/h1-3,5-6,16H,4,7-15,19H2. The number of hydrogen-bond donors (Lipinski definition) is 1. The van der Waals surface area contributed by atoms with Crippen molar-refractivity contribution < 1.29 is 9.47 Å². The largest absolute Gasteiger partial charge is 0.343 e. The smallest absolute Gasteiger partial charge is 0.195 e. The van der Waals surface area contributed by atoms with Gasteiger partial charge in [-0.2, -0.15) is 0 Å². The van der Waals surface area contributed by atoms with Crippen molar-refractivity contribution in [2.75, 3.05) is 39.4 Å². The minimum atomic E-state index is -0.517. The zero-order valence-corrected chi connectivity index (χ0v) is 13.4. The van der Waals surface area contributed by atoms with E-state index in [-0.39, 0.29) is 0 Å². The van der Waals surface area contributed by atoms with Crippen LogP contribution in [-0.4, -0.2) is 44.3 Å². The highest BCUT2D eigenvalue weighted by atomic mass is 16.7. The van der Waals surface area contributed by atoms with E-state index in [1.54, 1.807) is 0 Å². The van der Waals surface area contributed by atoms with Crippen LogP contribution in [-0.2, 0) is 15.3 Å². The molecule has 0 spiro atoms. The van der Waals surface area contributed by atoms with Crippen molar-refractivity contribution in [2.45, 2.75) is 31.5 Å². The fourth-order valence-corrected chi connectivity index (χ4v) is 3.58. The molecule has 0 saturated carbocycles. The van der Waals surface area contributed by atoms with Crippen molar-refractivity contribution in [3.63, 3.8) is 0 Å². The summed E-state index contributed by atoms with van der Waals surface area (Å²) in [6, 6.07) is 10.4. The first kappa shape index (κ1) is 15.9. The maximum Gasteiger partial charge on any atom is 0.195 e. The van der Waals surface area contributed by atoms with E-state index in [1.165, 1.54) is 25.9 Å². The first-order valence-electron chi connectivity index (χ1n) is 8.58. The molecule has 3 rings (SSSR count). The van der Waals surface area contributed by atoms with Crippen molar-refractivity contribution in [1.82, 2.24) is 4.90 Å². The summed E-state index contributed by atoms with van der Waals surface area (Å²) in [4.78, 5) is 2.56. The number of piperidine rings is 1. The Morgan fingerprint density at radius 1 is 1.09 bits per heavy atom. The molecule has 122 valence electrons. The maximum atomic E-state index is 5.99. The lowest BCUT2D eigenvalue weighted by Gasteiger charge is -2.33. The molecule has 22 heavy (non-hydrogen) atoms. The van der Waals surface area contributed by atoms with Gasteiger partial charge in [0.05, 0.1) is 13.2 Å². The summed E-state index contributed by atoms with van der Waals surface area (Å²) in [7, 11) is 0. The van der Waals surface area contributed by atoms with Crippen LogP contribution >= 0.6 is 0 Å². The van der Waals surface area contributed by atoms with Crippen LogP contribution in [0, 0.1) is 5.92 Å². The summed E-state index contributed by atoms with van der Waals surface area (Å²) < 4.78 is 12.0. The van der Waals surface area contributed by atoms with Gasteiger partial charge in [-0.1, -0.05) is 30.3 Å². The molecule has 0 radical (unpaired) electrons. The number of hydrogen-bond acceptors (Lipinski definition) is 4. The molecule has 0 aliphatic carbocycles. The van der Waals surface area contributed by atoms with Crippen LogP contribution in [0.5, 0.6) is 0 Å². The Morgan fingerprint density at radius 3 is 2.41 bits per heavy atom. The quantitative estimate of drug-likeness (QED) is 0.876. The van der Waals surface area contributed by atoms with E-state index < -0.39 is 5.79 Å². The summed E-state index contributed by atoms with van der Waals surface area (Å²) in [5.41, 5.74) is 6.91. The highest BCUT2D eigenvalue weighted by molar-refractivity contribution is 5.21. The zero-order valence-electron chi connectivity index (χ0n) is 13.4. The fraction of sp³-hybridized carbons (Fsp3) is 0.667. The predicted octanol–water partition coefficient (Wildman–Crippen LogP) is 2.34. The SMILES string of the molecule is NCC1CCN(CCCC2(c3ccccc3)OCCO2)CC1. The third-order valence-electron chi connectivity index (χ3n) is 4.99. The Hall–Kier alpha value is -0.940. The van der Waals surface area contributed by atoms with Crippen LogP contribution in [0.15, 0.2) is 30.3 Å². The molecule has 0 unspecified atom stereocenters. The molecule has 1 aromatic carbocycles. The molecule has 1 aromatic rings. The van der Waals surface area contributed by atoms with E-state index in [1.807, 2.05) is 6.07 Å². The predicted molar refractivity (Wildman–Crippen MR) is 87.5 cm³/mol. The van der Waals surface area contributed by atoms with E-state index in [0.717, 1.165) is 37.4 Å². The van der Waals surface area contributed by atoms with Crippen LogP contribution in [0.25, 0.3) is 0 Å². The van der Waals surface area contributed by atoms with E-state index >= 15 is 0 Å². The van der Waals surface area contributed by atoms with Crippen LogP contribution < -0.4 is 5.73 Å². The second-order valence-corrected chi connectivity index (χ2v) is 6.44. The number of ether oxygens (including phenoxy) is 2. The van der Waals surface area contributed by atoms with Crippen LogP contribution in [0.3, 0.4) is 0 Å². The van der Waals surface area contributed by atoms with Crippen LogP contribution in [0.4, 0.5) is 0 Å². The Morgan fingerprint density at radius 2 is 1.77 bits per heavy atom. The second kappa shape index (κ2) is 7.55. The Kier molecular flexibility index (Phi) is 5.47. The normalized spacial score (nSPS) is 23.0. The Balaban J connectivity index is 1.51. The number of rotatable bonds is 6. The second-order valence-electron chi connectivity index (χ2n) is 6.44. The van der Waals surface area contributed by atoms with Gasteiger partial charge in [0.2, 0.25) is 0 Å². The number of benzene rings is 1. The first-order valence-corrected chi connectivity index (χ1v) is 8.58. The molecule has 0 atom stereocenters. The van der Waals surface area contributed by atoms with Crippen molar-refractivity contribution in [3.05, 3.63) is 35.9 Å². The monoisotopic (exact) mass is 304 g/mol. The fourth-order valence-electron chi connectivity index (χ4n) is 3.58. The molecule has 0 bridgehead atoms. The first-order chi connectivity index (χ1) is 10.8. The van der Waals surface area contributed by atoms with Gasteiger partial charge in [0.1, 0.15) is 0 Å². The van der Waals surface area contributed by atoms with Gasteiger partial charge in [0.15, 0.2) is 5.79 Å². The highest BCUT2D eigenvalue weighted by Crippen LogP contribution is 2.36. The lowest BCUT2D eigenvalue weighted by atomic mass is 9.96. The minimum absolute atomic E-state index is 0.517. The molecule has 2 aliphatic rings. The van der Waals surface area contributed by atoms with Gasteiger partial charge in [-0.05, 0) is 51.4 Å². The summed E-state index contributed by atoms with van der Waals surface area (Å²) in [5.74, 6) is 0.213. The molecular formula is C18H28N2O2. The van der Waals surface area contributed by atoms with Crippen molar-refractivity contribution >= 4 is 0 Å². The third kappa shape index (κ3) is 3.69. The molecule has 0 amide bonds. The van der Waals surface area contributed by atoms with Gasteiger partial charge in [-0.15, -0.1) is 0 Å². The van der Waals surface area contributed by atoms with E-state index in [4.69, 9.17) is 15.2 Å². The molecule has 4 nitrogen and oxygen atoms in total. The topological polar surface area (TPSA) is 47.7 Å². The van der Waals surface area contributed by atoms with Crippen molar-refractivity contribution in [3.8, 4) is 0 Å².